The summed E-state index contributed by atoms with van der Waals surface area (Å²) in [5, 5.41) is 14.5. The van der Waals surface area contributed by atoms with Crippen molar-refractivity contribution in [2.24, 2.45) is 5.92 Å². The van der Waals surface area contributed by atoms with E-state index in [1.54, 1.807) is 12.1 Å². The van der Waals surface area contributed by atoms with Crippen molar-refractivity contribution in [3.63, 3.8) is 0 Å². The lowest BCUT2D eigenvalue weighted by atomic mass is 9.89. The fourth-order valence-corrected chi connectivity index (χ4v) is 2.62. The van der Waals surface area contributed by atoms with Crippen LogP contribution in [0.2, 0.25) is 5.02 Å². The normalized spacial score (nSPS) is 16.5. The standard InChI is InChI=1S/C13H17ClN2O2/c14-11-6-7-12(13(8-11)16(17)18)15-9-10-4-2-1-3-5-10/h6-8,10,15H,1-5,9H2. The van der Waals surface area contributed by atoms with Crippen LogP contribution in [0, 0.1) is 16.0 Å². The number of halogens is 1. The SMILES string of the molecule is O=[N+]([O-])c1cc(Cl)ccc1NCC1CCCCC1. The molecule has 4 nitrogen and oxygen atoms in total. The molecule has 0 heterocycles. The average Bonchev–Trinajstić information content (AvgIpc) is 2.38. The van der Waals surface area contributed by atoms with Gasteiger partial charge in [-0.05, 0) is 30.9 Å². The van der Waals surface area contributed by atoms with Crippen LogP contribution in [-0.2, 0) is 0 Å². The molecule has 0 aliphatic heterocycles. The molecule has 0 radical (unpaired) electrons. The van der Waals surface area contributed by atoms with Gasteiger partial charge < -0.3 is 5.32 Å². The first-order valence-corrected chi connectivity index (χ1v) is 6.72. The van der Waals surface area contributed by atoms with Gasteiger partial charge >= 0.3 is 0 Å². The minimum absolute atomic E-state index is 0.0540. The van der Waals surface area contributed by atoms with Gasteiger partial charge in [-0.25, -0.2) is 0 Å². The first-order valence-electron chi connectivity index (χ1n) is 6.34. The lowest BCUT2D eigenvalue weighted by molar-refractivity contribution is -0.383. The Hall–Kier alpha value is -1.29. The van der Waals surface area contributed by atoms with E-state index in [2.05, 4.69) is 5.32 Å². The Kier molecular flexibility index (Phi) is 4.42. The van der Waals surface area contributed by atoms with Crippen molar-refractivity contribution in [2.75, 3.05) is 11.9 Å². The lowest BCUT2D eigenvalue weighted by Crippen LogP contribution is -2.17. The number of anilines is 1. The predicted octanol–water partition coefficient (Wildman–Crippen LogP) is 4.24. The highest BCUT2D eigenvalue weighted by Gasteiger charge is 2.17. The molecule has 0 unspecified atom stereocenters. The second-order valence-corrected chi connectivity index (χ2v) is 5.24. The van der Waals surface area contributed by atoms with Crippen LogP contribution in [0.5, 0.6) is 0 Å². The topological polar surface area (TPSA) is 55.2 Å². The predicted molar refractivity (Wildman–Crippen MR) is 73.2 cm³/mol. The molecule has 0 spiro atoms. The number of benzene rings is 1. The number of hydrogen-bond acceptors (Lipinski definition) is 3. The Morgan fingerprint density at radius 2 is 2.06 bits per heavy atom. The van der Waals surface area contributed by atoms with Gasteiger partial charge in [0.1, 0.15) is 5.69 Å². The Labute approximate surface area is 111 Å². The molecule has 1 aromatic carbocycles. The third kappa shape index (κ3) is 3.35. The van der Waals surface area contributed by atoms with Crippen molar-refractivity contribution in [1.82, 2.24) is 0 Å². The van der Waals surface area contributed by atoms with Gasteiger partial charge in [0, 0.05) is 17.6 Å². The van der Waals surface area contributed by atoms with E-state index in [1.807, 2.05) is 0 Å². The highest BCUT2D eigenvalue weighted by molar-refractivity contribution is 6.30. The third-order valence-electron chi connectivity index (χ3n) is 3.46. The van der Waals surface area contributed by atoms with Crippen LogP contribution in [0.15, 0.2) is 18.2 Å². The van der Waals surface area contributed by atoms with Gasteiger partial charge in [0.25, 0.3) is 5.69 Å². The number of nitro benzene ring substituents is 1. The Balaban J connectivity index is 2.01. The van der Waals surface area contributed by atoms with E-state index in [9.17, 15) is 10.1 Å². The fourth-order valence-electron chi connectivity index (χ4n) is 2.45. The van der Waals surface area contributed by atoms with Crippen LogP contribution >= 0.6 is 11.6 Å². The van der Waals surface area contributed by atoms with Crippen LogP contribution < -0.4 is 5.32 Å². The van der Waals surface area contributed by atoms with Crippen molar-refractivity contribution in [3.8, 4) is 0 Å². The quantitative estimate of drug-likeness (QED) is 0.656. The Morgan fingerprint density at radius 3 is 2.72 bits per heavy atom. The zero-order valence-corrected chi connectivity index (χ0v) is 10.9. The highest BCUT2D eigenvalue weighted by atomic mass is 35.5. The second kappa shape index (κ2) is 6.05. The van der Waals surface area contributed by atoms with Crippen molar-refractivity contribution in [2.45, 2.75) is 32.1 Å². The molecule has 1 aliphatic rings. The van der Waals surface area contributed by atoms with Gasteiger partial charge in [-0.2, -0.15) is 0 Å². The second-order valence-electron chi connectivity index (χ2n) is 4.80. The molecule has 1 aliphatic carbocycles. The summed E-state index contributed by atoms with van der Waals surface area (Å²) < 4.78 is 0. The van der Waals surface area contributed by atoms with Crippen molar-refractivity contribution >= 4 is 23.0 Å². The van der Waals surface area contributed by atoms with Gasteiger partial charge in [-0.15, -0.1) is 0 Å². The maximum Gasteiger partial charge on any atom is 0.293 e. The molecule has 5 heteroatoms. The molecule has 1 saturated carbocycles. The highest BCUT2D eigenvalue weighted by Crippen LogP contribution is 2.29. The van der Waals surface area contributed by atoms with Crippen LogP contribution in [0.25, 0.3) is 0 Å². The van der Waals surface area contributed by atoms with E-state index >= 15 is 0 Å². The summed E-state index contributed by atoms with van der Waals surface area (Å²) in [5.74, 6) is 0.633. The lowest BCUT2D eigenvalue weighted by Gasteiger charge is -2.22. The summed E-state index contributed by atoms with van der Waals surface area (Å²) in [6.07, 6.45) is 6.30. The average molecular weight is 269 g/mol. The molecule has 2 rings (SSSR count). The third-order valence-corrected chi connectivity index (χ3v) is 3.70. The number of hydrogen-bond donors (Lipinski definition) is 1. The summed E-state index contributed by atoms with van der Waals surface area (Å²) >= 11 is 5.78. The van der Waals surface area contributed by atoms with Gasteiger partial charge in [0.15, 0.2) is 0 Å². The summed E-state index contributed by atoms with van der Waals surface area (Å²) in [4.78, 5) is 10.5. The number of rotatable bonds is 4. The van der Waals surface area contributed by atoms with Gasteiger partial charge in [0.2, 0.25) is 0 Å². The smallest absolute Gasteiger partial charge is 0.293 e. The van der Waals surface area contributed by atoms with E-state index in [0.29, 0.717) is 16.6 Å². The maximum atomic E-state index is 10.9. The minimum atomic E-state index is -0.394. The van der Waals surface area contributed by atoms with Crippen LogP contribution in [0.1, 0.15) is 32.1 Å². The van der Waals surface area contributed by atoms with E-state index in [1.165, 1.54) is 38.2 Å². The molecule has 0 atom stereocenters. The van der Waals surface area contributed by atoms with Gasteiger partial charge in [-0.1, -0.05) is 30.9 Å². The van der Waals surface area contributed by atoms with Crippen LogP contribution in [0.3, 0.4) is 0 Å². The maximum absolute atomic E-state index is 10.9. The summed E-state index contributed by atoms with van der Waals surface area (Å²) in [5.41, 5.74) is 0.619. The zero-order chi connectivity index (χ0) is 13.0. The largest absolute Gasteiger partial charge is 0.379 e. The Morgan fingerprint density at radius 1 is 1.33 bits per heavy atom. The molecule has 0 amide bonds. The van der Waals surface area contributed by atoms with Gasteiger partial charge in [-0.3, -0.25) is 10.1 Å². The van der Waals surface area contributed by atoms with E-state index in [-0.39, 0.29) is 5.69 Å². The Bertz CT molecular complexity index is 431. The van der Waals surface area contributed by atoms with E-state index in [0.717, 1.165) is 6.54 Å². The monoisotopic (exact) mass is 268 g/mol. The molecule has 1 N–H and O–H groups in total. The van der Waals surface area contributed by atoms with Crippen molar-refractivity contribution in [3.05, 3.63) is 33.3 Å². The minimum Gasteiger partial charge on any atom is -0.379 e. The van der Waals surface area contributed by atoms with Crippen molar-refractivity contribution < 1.29 is 4.92 Å². The molecule has 0 aromatic heterocycles. The summed E-state index contributed by atoms with van der Waals surface area (Å²) in [6, 6.07) is 4.76. The van der Waals surface area contributed by atoms with Crippen molar-refractivity contribution in [1.29, 1.82) is 0 Å². The number of nitrogens with zero attached hydrogens (tertiary/aromatic N) is 1. The number of nitrogens with one attached hydrogen (secondary N) is 1. The fraction of sp³-hybridized carbons (Fsp3) is 0.538. The van der Waals surface area contributed by atoms with Crippen LogP contribution in [0.4, 0.5) is 11.4 Å². The molecule has 1 fully saturated rings. The molecule has 0 saturated heterocycles. The molecule has 98 valence electrons. The van der Waals surface area contributed by atoms with E-state index < -0.39 is 4.92 Å². The molecular weight excluding hydrogens is 252 g/mol. The molecule has 0 bridgehead atoms. The molecule has 1 aromatic rings. The first-order chi connectivity index (χ1) is 8.66. The van der Waals surface area contributed by atoms with Gasteiger partial charge in [0.05, 0.1) is 4.92 Å². The molecule has 18 heavy (non-hydrogen) atoms. The number of nitro groups is 1. The summed E-state index contributed by atoms with van der Waals surface area (Å²) in [7, 11) is 0. The first kappa shape index (κ1) is 13.1. The van der Waals surface area contributed by atoms with E-state index in [4.69, 9.17) is 11.6 Å². The summed E-state index contributed by atoms with van der Waals surface area (Å²) in [6.45, 7) is 0.808. The molecular formula is C13H17ClN2O2. The van der Waals surface area contributed by atoms with Crippen LogP contribution in [-0.4, -0.2) is 11.5 Å². The zero-order valence-electron chi connectivity index (χ0n) is 10.2.